The van der Waals surface area contributed by atoms with Crippen LogP contribution in [0.2, 0.25) is 0 Å². The fourth-order valence-corrected chi connectivity index (χ4v) is 4.24. The monoisotopic (exact) mass is 351 g/mol. The Hall–Kier alpha value is -1.83. The van der Waals surface area contributed by atoms with Crippen molar-refractivity contribution in [3.8, 4) is 0 Å². The summed E-state index contributed by atoms with van der Waals surface area (Å²) in [5, 5.41) is 0.662. The number of amides is 1. The molecule has 2 aliphatic heterocycles. The number of aromatic nitrogens is 2. The van der Waals surface area contributed by atoms with E-state index in [9.17, 15) is 14.4 Å². The van der Waals surface area contributed by atoms with Gasteiger partial charge in [0.15, 0.2) is 5.16 Å². The molecule has 130 valence electrons. The topological polar surface area (TPSA) is 81.5 Å². The van der Waals surface area contributed by atoms with Gasteiger partial charge in [0.1, 0.15) is 0 Å². The van der Waals surface area contributed by atoms with Gasteiger partial charge in [-0.2, -0.15) is 0 Å². The Morgan fingerprint density at radius 3 is 3.00 bits per heavy atom. The smallest absolute Gasteiger partial charge is 0.310 e. The van der Waals surface area contributed by atoms with Crippen molar-refractivity contribution in [3.63, 3.8) is 0 Å². The SMILES string of the molecule is CCOC(=O)C1CCCN(C(=O)C2CSc3nccc(=O)n3C2)C1. The van der Waals surface area contributed by atoms with Gasteiger partial charge in [0.2, 0.25) is 5.91 Å². The molecule has 3 rings (SSSR count). The van der Waals surface area contributed by atoms with E-state index in [1.54, 1.807) is 16.4 Å². The van der Waals surface area contributed by atoms with Gasteiger partial charge in [-0.25, -0.2) is 4.98 Å². The van der Waals surface area contributed by atoms with Crippen LogP contribution in [0, 0.1) is 11.8 Å². The van der Waals surface area contributed by atoms with Crippen LogP contribution < -0.4 is 5.56 Å². The van der Waals surface area contributed by atoms with Gasteiger partial charge in [0.05, 0.1) is 18.4 Å². The Bertz CT molecular complexity index is 690. The third-order valence-electron chi connectivity index (χ3n) is 4.42. The Morgan fingerprint density at radius 2 is 2.21 bits per heavy atom. The molecule has 1 aromatic rings. The summed E-state index contributed by atoms with van der Waals surface area (Å²) in [6.07, 6.45) is 3.05. The van der Waals surface area contributed by atoms with Crippen LogP contribution in [0.5, 0.6) is 0 Å². The second-order valence-corrected chi connectivity index (χ2v) is 7.05. The number of hydrogen-bond acceptors (Lipinski definition) is 6. The van der Waals surface area contributed by atoms with E-state index >= 15 is 0 Å². The van der Waals surface area contributed by atoms with Crippen LogP contribution in [0.25, 0.3) is 0 Å². The van der Waals surface area contributed by atoms with E-state index in [2.05, 4.69) is 4.98 Å². The zero-order valence-corrected chi connectivity index (χ0v) is 14.5. The molecule has 1 saturated heterocycles. The third-order valence-corrected chi connectivity index (χ3v) is 5.57. The molecule has 0 spiro atoms. The summed E-state index contributed by atoms with van der Waals surface area (Å²) in [5.74, 6) is -0.104. The molecule has 2 aliphatic rings. The Morgan fingerprint density at radius 1 is 1.38 bits per heavy atom. The van der Waals surface area contributed by atoms with Gasteiger partial charge >= 0.3 is 5.97 Å². The van der Waals surface area contributed by atoms with Crippen LogP contribution >= 0.6 is 11.8 Å². The number of fused-ring (bicyclic) bond motifs is 1. The van der Waals surface area contributed by atoms with Gasteiger partial charge in [-0.15, -0.1) is 0 Å². The molecule has 0 saturated carbocycles. The largest absolute Gasteiger partial charge is 0.466 e. The zero-order chi connectivity index (χ0) is 17.1. The fraction of sp³-hybridized carbons (Fsp3) is 0.625. The Kier molecular flexibility index (Phi) is 5.23. The average molecular weight is 351 g/mol. The maximum absolute atomic E-state index is 12.8. The summed E-state index contributed by atoms with van der Waals surface area (Å²) in [7, 11) is 0. The van der Waals surface area contributed by atoms with Gasteiger partial charge in [0, 0.05) is 37.7 Å². The maximum Gasteiger partial charge on any atom is 0.310 e. The van der Waals surface area contributed by atoms with E-state index in [4.69, 9.17) is 4.74 Å². The summed E-state index contributed by atoms with van der Waals surface area (Å²) >= 11 is 1.43. The molecule has 7 nitrogen and oxygen atoms in total. The minimum atomic E-state index is -0.259. The highest BCUT2D eigenvalue weighted by molar-refractivity contribution is 7.99. The first-order valence-electron chi connectivity index (χ1n) is 8.24. The summed E-state index contributed by atoms with van der Waals surface area (Å²) in [4.78, 5) is 42.6. The van der Waals surface area contributed by atoms with Crippen LogP contribution in [-0.2, 0) is 20.9 Å². The van der Waals surface area contributed by atoms with Crippen molar-refractivity contribution in [1.29, 1.82) is 0 Å². The highest BCUT2D eigenvalue weighted by atomic mass is 32.2. The van der Waals surface area contributed by atoms with E-state index in [0.717, 1.165) is 12.8 Å². The fourth-order valence-electron chi connectivity index (χ4n) is 3.19. The number of ether oxygens (including phenoxy) is 1. The van der Waals surface area contributed by atoms with Crippen molar-refractivity contribution in [2.45, 2.75) is 31.5 Å². The molecular formula is C16H21N3O4S. The number of esters is 1. The highest BCUT2D eigenvalue weighted by Crippen LogP contribution is 2.27. The maximum atomic E-state index is 12.8. The van der Waals surface area contributed by atoms with Gasteiger partial charge in [-0.05, 0) is 19.8 Å². The standard InChI is InChI=1S/C16H21N3O4S/c1-2-23-15(22)11-4-3-7-18(8-11)14(21)12-9-19-13(20)5-6-17-16(19)24-10-12/h5-6,11-12H,2-4,7-10H2,1H3. The average Bonchev–Trinajstić information content (AvgIpc) is 2.61. The predicted molar refractivity (Wildman–Crippen MR) is 88.6 cm³/mol. The third kappa shape index (κ3) is 3.48. The molecule has 0 aromatic carbocycles. The van der Waals surface area contributed by atoms with Crippen molar-refractivity contribution in [3.05, 3.63) is 22.6 Å². The molecule has 24 heavy (non-hydrogen) atoms. The number of nitrogens with zero attached hydrogens (tertiary/aromatic N) is 3. The van der Waals surface area contributed by atoms with Gasteiger partial charge < -0.3 is 9.64 Å². The normalized spacial score (nSPS) is 23.5. The number of thioether (sulfide) groups is 1. The Labute approximate surface area is 144 Å². The lowest BCUT2D eigenvalue weighted by Crippen LogP contribution is -2.47. The lowest BCUT2D eigenvalue weighted by Gasteiger charge is -2.35. The molecule has 0 radical (unpaired) electrons. The van der Waals surface area contributed by atoms with Crippen molar-refractivity contribution in [2.24, 2.45) is 11.8 Å². The van der Waals surface area contributed by atoms with Crippen LogP contribution in [-0.4, -0.2) is 51.8 Å². The summed E-state index contributed by atoms with van der Waals surface area (Å²) < 4.78 is 6.64. The molecular weight excluding hydrogens is 330 g/mol. The Balaban J connectivity index is 1.67. The van der Waals surface area contributed by atoms with Crippen LogP contribution in [0.15, 0.2) is 22.2 Å². The number of hydrogen-bond donors (Lipinski definition) is 0. The zero-order valence-electron chi connectivity index (χ0n) is 13.6. The number of rotatable bonds is 3. The van der Waals surface area contributed by atoms with E-state index in [0.29, 0.717) is 37.2 Å². The lowest BCUT2D eigenvalue weighted by molar-refractivity contribution is -0.151. The van der Waals surface area contributed by atoms with Crippen molar-refractivity contribution in [1.82, 2.24) is 14.5 Å². The lowest BCUT2D eigenvalue weighted by atomic mass is 9.96. The minimum absolute atomic E-state index is 0.0119. The second-order valence-electron chi connectivity index (χ2n) is 6.06. The number of likely N-dealkylation sites (tertiary alicyclic amines) is 1. The minimum Gasteiger partial charge on any atom is -0.466 e. The van der Waals surface area contributed by atoms with E-state index < -0.39 is 0 Å². The predicted octanol–water partition coefficient (Wildman–Crippen LogP) is 0.767. The highest BCUT2D eigenvalue weighted by Gasteiger charge is 2.34. The number of carbonyl (C=O) groups is 2. The van der Waals surface area contributed by atoms with Gasteiger partial charge in [-0.3, -0.25) is 19.0 Å². The molecule has 2 unspecified atom stereocenters. The molecule has 0 bridgehead atoms. The van der Waals surface area contributed by atoms with Crippen molar-refractivity contribution >= 4 is 23.6 Å². The van der Waals surface area contributed by atoms with Crippen LogP contribution in [0.3, 0.4) is 0 Å². The van der Waals surface area contributed by atoms with E-state index in [1.807, 2.05) is 0 Å². The van der Waals surface area contributed by atoms with Crippen LogP contribution in [0.1, 0.15) is 19.8 Å². The molecule has 1 amide bonds. The molecule has 2 atom stereocenters. The summed E-state index contributed by atoms with van der Waals surface area (Å²) in [6, 6.07) is 1.41. The van der Waals surface area contributed by atoms with Crippen molar-refractivity contribution in [2.75, 3.05) is 25.4 Å². The molecule has 0 aliphatic carbocycles. The van der Waals surface area contributed by atoms with Crippen LogP contribution in [0.4, 0.5) is 0 Å². The quantitative estimate of drug-likeness (QED) is 0.591. The first-order chi connectivity index (χ1) is 11.6. The first kappa shape index (κ1) is 17.0. The van der Waals surface area contributed by atoms with Crippen molar-refractivity contribution < 1.29 is 14.3 Å². The van der Waals surface area contributed by atoms with E-state index in [1.165, 1.54) is 24.0 Å². The van der Waals surface area contributed by atoms with Gasteiger partial charge in [0.25, 0.3) is 5.56 Å². The first-order valence-corrected chi connectivity index (χ1v) is 9.22. The molecule has 8 heteroatoms. The summed E-state index contributed by atoms with van der Waals surface area (Å²) in [5.41, 5.74) is -0.131. The van der Waals surface area contributed by atoms with E-state index in [-0.39, 0.29) is 29.3 Å². The van der Waals surface area contributed by atoms with Gasteiger partial charge in [-0.1, -0.05) is 11.8 Å². The number of piperidine rings is 1. The summed E-state index contributed by atoms with van der Waals surface area (Å²) in [6.45, 7) is 3.56. The molecule has 3 heterocycles. The number of carbonyl (C=O) groups excluding carboxylic acids is 2. The molecule has 0 N–H and O–H groups in total. The molecule has 1 aromatic heterocycles. The second kappa shape index (κ2) is 7.38. The molecule has 1 fully saturated rings.